The summed E-state index contributed by atoms with van der Waals surface area (Å²) < 4.78 is 1.32. The largest absolute Gasteiger partial charge is 0.336 e. The van der Waals surface area contributed by atoms with Crippen LogP contribution in [0.3, 0.4) is 0 Å². The number of carbonyl (C=O) groups excluding carboxylic acids is 1. The Labute approximate surface area is 171 Å². The van der Waals surface area contributed by atoms with Crippen LogP contribution >= 0.6 is 11.3 Å². The van der Waals surface area contributed by atoms with Crippen LogP contribution in [0.1, 0.15) is 11.1 Å². The molecule has 0 fully saturated rings. The van der Waals surface area contributed by atoms with Crippen LogP contribution in [0, 0.1) is 0 Å². The molecule has 0 bridgehead atoms. The van der Waals surface area contributed by atoms with Crippen LogP contribution in [-0.2, 0) is 24.3 Å². The van der Waals surface area contributed by atoms with Crippen LogP contribution in [0.2, 0.25) is 0 Å². The summed E-state index contributed by atoms with van der Waals surface area (Å²) >= 11 is 1.57. The summed E-state index contributed by atoms with van der Waals surface area (Å²) in [5.74, 6) is -0.0819. The van der Waals surface area contributed by atoms with E-state index in [2.05, 4.69) is 17.2 Å². The maximum Gasteiger partial charge on any atom is 0.275 e. The quantitative estimate of drug-likeness (QED) is 0.526. The summed E-state index contributed by atoms with van der Waals surface area (Å²) in [5, 5.41) is 7.97. The number of thiophene rings is 1. The molecule has 1 amide bonds. The molecule has 3 heterocycles. The minimum absolute atomic E-state index is 0.0514. The molecule has 1 aliphatic heterocycles. The first-order valence-electron chi connectivity index (χ1n) is 9.59. The van der Waals surface area contributed by atoms with Crippen molar-refractivity contribution < 1.29 is 4.79 Å². The van der Waals surface area contributed by atoms with Crippen LogP contribution in [0.5, 0.6) is 0 Å². The van der Waals surface area contributed by atoms with Crippen molar-refractivity contribution in [1.82, 2.24) is 14.7 Å². The molecule has 6 heteroatoms. The molecule has 0 spiro atoms. The molecule has 5 rings (SSSR count). The van der Waals surface area contributed by atoms with Gasteiger partial charge in [0.2, 0.25) is 5.91 Å². The Morgan fingerprint density at radius 1 is 0.966 bits per heavy atom. The van der Waals surface area contributed by atoms with E-state index in [1.165, 1.54) is 15.8 Å². The van der Waals surface area contributed by atoms with Gasteiger partial charge in [0.25, 0.3) is 5.56 Å². The van der Waals surface area contributed by atoms with Crippen molar-refractivity contribution in [2.75, 3.05) is 6.54 Å². The molecule has 2 aromatic heterocycles. The van der Waals surface area contributed by atoms with E-state index in [0.717, 1.165) is 22.4 Å². The molecular weight excluding hydrogens is 382 g/mol. The first kappa shape index (κ1) is 17.8. The van der Waals surface area contributed by atoms with Crippen LogP contribution < -0.4 is 5.56 Å². The van der Waals surface area contributed by atoms with E-state index < -0.39 is 0 Å². The lowest BCUT2D eigenvalue weighted by Gasteiger charge is -2.29. The van der Waals surface area contributed by atoms with Gasteiger partial charge in [0.1, 0.15) is 12.2 Å². The SMILES string of the molecule is O=C(Cn1nc(-c2cccs2)c2ccccc2c1=O)N1CCc2ccccc2C1. The molecular formula is C23H19N3O2S. The maximum absolute atomic E-state index is 13.0. The van der Waals surface area contributed by atoms with Gasteiger partial charge < -0.3 is 4.90 Å². The third-order valence-electron chi connectivity index (χ3n) is 5.39. The van der Waals surface area contributed by atoms with E-state index in [-0.39, 0.29) is 18.0 Å². The predicted octanol–water partition coefficient (Wildman–Crippen LogP) is 3.71. The Bertz CT molecular complexity index is 1260. The number of aromatic nitrogens is 2. The van der Waals surface area contributed by atoms with Gasteiger partial charge in [-0.25, -0.2) is 4.68 Å². The van der Waals surface area contributed by atoms with Gasteiger partial charge in [-0.1, -0.05) is 48.5 Å². The second-order valence-corrected chi connectivity index (χ2v) is 8.12. The highest BCUT2D eigenvalue weighted by Crippen LogP contribution is 2.28. The summed E-state index contributed by atoms with van der Waals surface area (Å²) in [6.45, 7) is 1.19. The number of hydrogen-bond acceptors (Lipinski definition) is 4. The molecule has 0 unspecified atom stereocenters. The van der Waals surface area contributed by atoms with Gasteiger partial charge in [-0.05, 0) is 35.1 Å². The first-order chi connectivity index (χ1) is 14.2. The van der Waals surface area contributed by atoms with Gasteiger partial charge in [0, 0.05) is 18.5 Å². The zero-order valence-corrected chi connectivity index (χ0v) is 16.6. The van der Waals surface area contributed by atoms with Gasteiger partial charge >= 0.3 is 0 Å². The number of benzene rings is 2. The van der Waals surface area contributed by atoms with Crippen LogP contribution in [0.15, 0.2) is 70.8 Å². The topological polar surface area (TPSA) is 55.2 Å². The minimum atomic E-state index is -0.230. The Balaban J connectivity index is 1.50. The maximum atomic E-state index is 13.0. The highest BCUT2D eigenvalue weighted by molar-refractivity contribution is 7.13. The van der Waals surface area contributed by atoms with E-state index in [4.69, 9.17) is 0 Å². The molecule has 5 nitrogen and oxygen atoms in total. The fraction of sp³-hybridized carbons (Fsp3) is 0.174. The standard InChI is InChI=1S/C23H19N3O2S/c27-21(25-12-11-16-6-1-2-7-17(16)14-25)15-26-23(28)19-9-4-3-8-18(19)22(24-26)20-10-5-13-29-20/h1-10,13H,11-12,14-15H2. The highest BCUT2D eigenvalue weighted by Gasteiger charge is 2.22. The van der Waals surface area contributed by atoms with Crippen molar-refractivity contribution in [2.24, 2.45) is 0 Å². The van der Waals surface area contributed by atoms with E-state index in [1.54, 1.807) is 17.4 Å². The zero-order chi connectivity index (χ0) is 19.8. The van der Waals surface area contributed by atoms with Crippen LogP contribution in [-0.4, -0.2) is 27.1 Å². The fourth-order valence-electron chi connectivity index (χ4n) is 3.87. The number of hydrogen-bond donors (Lipinski definition) is 0. The molecule has 144 valence electrons. The Hall–Kier alpha value is -3.25. The first-order valence-corrected chi connectivity index (χ1v) is 10.5. The van der Waals surface area contributed by atoms with Gasteiger partial charge in [-0.2, -0.15) is 5.10 Å². The monoisotopic (exact) mass is 401 g/mol. The molecule has 2 aromatic carbocycles. The van der Waals surface area contributed by atoms with Gasteiger partial charge in [0.15, 0.2) is 0 Å². The molecule has 0 saturated heterocycles. The normalized spacial score (nSPS) is 13.4. The van der Waals surface area contributed by atoms with Gasteiger partial charge in [-0.15, -0.1) is 11.3 Å². The van der Waals surface area contributed by atoms with Crippen molar-refractivity contribution in [2.45, 2.75) is 19.5 Å². The minimum Gasteiger partial charge on any atom is -0.336 e. The van der Waals surface area contributed by atoms with Crippen molar-refractivity contribution in [3.8, 4) is 10.6 Å². The highest BCUT2D eigenvalue weighted by atomic mass is 32.1. The summed E-state index contributed by atoms with van der Waals surface area (Å²) in [6.07, 6.45) is 0.836. The molecule has 4 aromatic rings. The molecule has 29 heavy (non-hydrogen) atoms. The van der Waals surface area contributed by atoms with Gasteiger partial charge in [0.05, 0.1) is 10.3 Å². The van der Waals surface area contributed by atoms with E-state index in [0.29, 0.717) is 18.5 Å². The lowest BCUT2D eigenvalue weighted by molar-refractivity contribution is -0.133. The molecule has 0 radical (unpaired) electrons. The van der Waals surface area contributed by atoms with Crippen molar-refractivity contribution in [3.63, 3.8) is 0 Å². The number of nitrogens with zero attached hydrogens (tertiary/aromatic N) is 3. The third kappa shape index (κ3) is 3.25. The fourth-order valence-corrected chi connectivity index (χ4v) is 4.60. The number of rotatable bonds is 3. The number of amides is 1. The molecule has 0 atom stereocenters. The number of carbonyl (C=O) groups is 1. The summed E-state index contributed by atoms with van der Waals surface area (Å²) in [5.41, 5.74) is 2.97. The van der Waals surface area contributed by atoms with Crippen LogP contribution in [0.4, 0.5) is 0 Å². The summed E-state index contributed by atoms with van der Waals surface area (Å²) in [7, 11) is 0. The Morgan fingerprint density at radius 2 is 1.72 bits per heavy atom. The predicted molar refractivity (Wildman–Crippen MR) is 115 cm³/mol. The Morgan fingerprint density at radius 3 is 2.52 bits per heavy atom. The number of fused-ring (bicyclic) bond motifs is 2. The molecule has 0 saturated carbocycles. The van der Waals surface area contributed by atoms with Crippen molar-refractivity contribution in [1.29, 1.82) is 0 Å². The van der Waals surface area contributed by atoms with E-state index in [9.17, 15) is 9.59 Å². The average molecular weight is 401 g/mol. The second-order valence-electron chi connectivity index (χ2n) is 7.17. The Kier molecular flexibility index (Phi) is 4.48. The molecule has 1 aliphatic rings. The van der Waals surface area contributed by atoms with Crippen molar-refractivity contribution >= 4 is 28.0 Å². The van der Waals surface area contributed by atoms with Crippen LogP contribution in [0.25, 0.3) is 21.3 Å². The van der Waals surface area contributed by atoms with Gasteiger partial charge in [-0.3, -0.25) is 9.59 Å². The zero-order valence-electron chi connectivity index (χ0n) is 15.7. The third-order valence-corrected chi connectivity index (χ3v) is 6.27. The molecule has 0 N–H and O–H groups in total. The summed E-state index contributed by atoms with van der Waals surface area (Å²) in [4.78, 5) is 28.8. The van der Waals surface area contributed by atoms with E-state index >= 15 is 0 Å². The van der Waals surface area contributed by atoms with E-state index in [1.807, 2.05) is 52.7 Å². The second kappa shape index (κ2) is 7.29. The summed E-state index contributed by atoms with van der Waals surface area (Å²) in [6, 6.07) is 19.6. The van der Waals surface area contributed by atoms with Crippen molar-refractivity contribution in [3.05, 3.63) is 87.5 Å². The smallest absolute Gasteiger partial charge is 0.275 e. The lowest BCUT2D eigenvalue weighted by atomic mass is 10.00. The molecule has 0 aliphatic carbocycles. The average Bonchev–Trinajstić information content (AvgIpc) is 3.30. The lowest BCUT2D eigenvalue weighted by Crippen LogP contribution is -2.40.